The summed E-state index contributed by atoms with van der Waals surface area (Å²) in [4.78, 5) is 9.58. The van der Waals surface area contributed by atoms with E-state index in [-0.39, 0.29) is 0 Å². The van der Waals surface area contributed by atoms with Gasteiger partial charge in [0.25, 0.3) is 0 Å². The van der Waals surface area contributed by atoms with Crippen molar-refractivity contribution < 1.29 is 0 Å². The van der Waals surface area contributed by atoms with Crippen LogP contribution in [0.5, 0.6) is 0 Å². The Kier molecular flexibility index (Phi) is 7.49. The number of fused-ring (bicyclic) bond motifs is 14. The number of aromatic nitrogens is 1. The number of benzene rings is 8. The Morgan fingerprint density at radius 2 is 0.733 bits per heavy atom. The van der Waals surface area contributed by atoms with E-state index in [1.165, 1.54) is 78.4 Å². The third kappa shape index (κ3) is 4.57. The molecule has 8 aromatic carbocycles. The number of nitrogens with zero attached hydrogens (tertiary/aromatic N) is 3. The minimum Gasteiger partial charge on any atom is -0.310 e. The lowest BCUT2D eigenvalue weighted by atomic mass is 9.49. The van der Waals surface area contributed by atoms with E-state index in [0.29, 0.717) is 0 Å². The molecule has 0 fully saturated rings. The van der Waals surface area contributed by atoms with Crippen LogP contribution in [0, 0.1) is 13.8 Å². The molecule has 284 valence electrons. The number of aryl methyl sites for hydroxylation is 2. The predicted octanol–water partition coefficient (Wildman–Crippen LogP) is 14.0. The Bertz CT molecular complexity index is 2980. The zero-order valence-electron chi connectivity index (χ0n) is 33.5. The molecule has 3 heteroatoms. The van der Waals surface area contributed by atoms with E-state index in [2.05, 4.69) is 223 Å². The number of hydrogen-bond donors (Lipinski definition) is 0. The minimum absolute atomic E-state index is 0.616. The summed E-state index contributed by atoms with van der Waals surface area (Å²) in [5, 5.41) is 0. The number of pyridine rings is 1. The first kappa shape index (κ1) is 34.5. The van der Waals surface area contributed by atoms with Gasteiger partial charge in [0, 0.05) is 23.1 Å². The average molecular weight is 768 g/mol. The number of rotatable bonds is 3. The Morgan fingerprint density at radius 1 is 0.333 bits per heavy atom. The topological polar surface area (TPSA) is 19.4 Å². The van der Waals surface area contributed by atoms with Crippen LogP contribution in [0.1, 0.15) is 55.6 Å². The monoisotopic (exact) mass is 767 g/mol. The molecule has 0 radical (unpaired) electrons. The maximum atomic E-state index is 4.64. The van der Waals surface area contributed by atoms with E-state index >= 15 is 0 Å². The molecule has 0 saturated heterocycles. The van der Waals surface area contributed by atoms with Crippen LogP contribution in [-0.2, 0) is 10.8 Å². The molecule has 3 aliphatic rings. The van der Waals surface area contributed by atoms with Crippen LogP contribution in [0.3, 0.4) is 0 Å². The maximum Gasteiger partial charge on any atom is 0.0748 e. The Labute approximate surface area is 351 Å². The van der Waals surface area contributed by atoms with Gasteiger partial charge in [0.15, 0.2) is 0 Å². The van der Waals surface area contributed by atoms with Gasteiger partial charge < -0.3 is 9.80 Å². The summed E-state index contributed by atoms with van der Waals surface area (Å²) in [6.45, 7) is 4.47. The Balaban J connectivity index is 1.18. The summed E-state index contributed by atoms with van der Waals surface area (Å²) in [7, 11) is 0. The van der Waals surface area contributed by atoms with Crippen molar-refractivity contribution in [1.29, 1.82) is 0 Å². The SMILES string of the molecule is Cc1ccc2c(c1)C1(c3cc(C)ccc3N2c2ccccc2)c2ccccc2C2(c3ccccc3N(c3ccc(-c4ccccn4)cc3)c3ccccc32)c2ccccc21. The molecule has 9 aromatic rings. The maximum absolute atomic E-state index is 4.64. The van der Waals surface area contributed by atoms with Crippen LogP contribution < -0.4 is 9.80 Å². The van der Waals surface area contributed by atoms with Crippen molar-refractivity contribution in [3.8, 4) is 11.3 Å². The molecule has 0 saturated carbocycles. The summed E-state index contributed by atoms with van der Waals surface area (Å²) in [5.74, 6) is 0. The summed E-state index contributed by atoms with van der Waals surface area (Å²) < 4.78 is 0. The second-order valence-corrected chi connectivity index (χ2v) is 16.4. The van der Waals surface area contributed by atoms with E-state index in [1.807, 2.05) is 18.3 Å². The molecule has 60 heavy (non-hydrogen) atoms. The first-order valence-corrected chi connectivity index (χ1v) is 20.9. The highest BCUT2D eigenvalue weighted by Gasteiger charge is 2.58. The number of para-hydroxylation sites is 3. The van der Waals surface area contributed by atoms with Crippen LogP contribution in [0.2, 0.25) is 0 Å². The fraction of sp³-hybridized carbons (Fsp3) is 0.0702. The molecule has 12 rings (SSSR count). The average Bonchev–Trinajstić information content (AvgIpc) is 3.31. The lowest BCUT2D eigenvalue weighted by Crippen LogP contribution is -2.49. The molecule has 2 aliphatic heterocycles. The van der Waals surface area contributed by atoms with E-state index in [0.717, 1.165) is 22.6 Å². The molecule has 3 nitrogen and oxygen atoms in total. The van der Waals surface area contributed by atoms with Gasteiger partial charge in [-0.25, -0.2) is 0 Å². The third-order valence-corrected chi connectivity index (χ3v) is 13.3. The van der Waals surface area contributed by atoms with Crippen molar-refractivity contribution in [2.45, 2.75) is 24.7 Å². The van der Waals surface area contributed by atoms with Gasteiger partial charge in [-0.05, 0) is 119 Å². The van der Waals surface area contributed by atoms with Crippen LogP contribution in [0.15, 0.2) is 212 Å². The fourth-order valence-corrected chi connectivity index (χ4v) is 11.0. The number of hydrogen-bond acceptors (Lipinski definition) is 3. The van der Waals surface area contributed by atoms with Crippen LogP contribution in [0.25, 0.3) is 11.3 Å². The molecule has 0 unspecified atom stereocenters. The molecule has 0 amide bonds. The lowest BCUT2D eigenvalue weighted by molar-refractivity contribution is 0.607. The van der Waals surface area contributed by atoms with Crippen molar-refractivity contribution >= 4 is 34.1 Å². The third-order valence-electron chi connectivity index (χ3n) is 13.3. The molecule has 1 aromatic heterocycles. The normalized spacial score (nSPS) is 14.7. The summed E-state index contributed by atoms with van der Waals surface area (Å²) in [5.41, 5.74) is 20.7. The van der Waals surface area contributed by atoms with E-state index in [4.69, 9.17) is 0 Å². The molecule has 3 heterocycles. The summed E-state index contributed by atoms with van der Waals surface area (Å²) in [6, 6.07) is 76.9. The van der Waals surface area contributed by atoms with Crippen LogP contribution in [-0.4, -0.2) is 4.98 Å². The molecule has 2 spiro atoms. The van der Waals surface area contributed by atoms with Gasteiger partial charge in [-0.1, -0.05) is 157 Å². The second-order valence-electron chi connectivity index (χ2n) is 16.4. The smallest absolute Gasteiger partial charge is 0.0748 e. The van der Waals surface area contributed by atoms with E-state index in [9.17, 15) is 0 Å². The van der Waals surface area contributed by atoms with Gasteiger partial charge in [0.05, 0.1) is 39.3 Å². The van der Waals surface area contributed by atoms with E-state index in [1.54, 1.807) is 0 Å². The fourth-order valence-electron chi connectivity index (χ4n) is 11.0. The Morgan fingerprint density at radius 3 is 1.22 bits per heavy atom. The first-order chi connectivity index (χ1) is 29.6. The van der Waals surface area contributed by atoms with Gasteiger partial charge in [0.1, 0.15) is 0 Å². The molecule has 0 bridgehead atoms. The van der Waals surface area contributed by atoms with Gasteiger partial charge in [0.2, 0.25) is 0 Å². The largest absolute Gasteiger partial charge is 0.310 e. The number of anilines is 6. The molecule has 0 N–H and O–H groups in total. The van der Waals surface area contributed by atoms with E-state index < -0.39 is 10.8 Å². The minimum atomic E-state index is -0.624. The standard InChI is InChI=1S/C57H41N3/c1-38-27-33-54-49(36-38)57(50-37-39(2)28-34-55(50)59(54)41-16-4-3-5-17-41)45-20-8-6-18-43(45)56(44-19-7-9-21-46(44)57)47-22-10-12-25-52(47)60(53-26-13-11-23-48(53)56)42-31-29-40(30-32-42)51-24-14-15-35-58-51/h3-37H,1-2H3. The van der Waals surface area contributed by atoms with Gasteiger partial charge in [-0.15, -0.1) is 0 Å². The van der Waals surface area contributed by atoms with Crippen molar-refractivity contribution in [1.82, 2.24) is 4.98 Å². The summed E-state index contributed by atoms with van der Waals surface area (Å²) in [6.07, 6.45) is 1.86. The summed E-state index contributed by atoms with van der Waals surface area (Å²) >= 11 is 0. The van der Waals surface area contributed by atoms with Gasteiger partial charge in [-0.2, -0.15) is 0 Å². The quantitative estimate of drug-likeness (QED) is 0.178. The highest BCUT2D eigenvalue weighted by molar-refractivity contribution is 5.95. The molecule has 1 aliphatic carbocycles. The van der Waals surface area contributed by atoms with Crippen LogP contribution in [0.4, 0.5) is 34.1 Å². The van der Waals surface area contributed by atoms with Crippen molar-refractivity contribution in [3.05, 3.63) is 268 Å². The zero-order chi connectivity index (χ0) is 40.0. The molecular formula is C57H41N3. The lowest BCUT2D eigenvalue weighted by Gasteiger charge is -2.56. The van der Waals surface area contributed by atoms with Crippen LogP contribution >= 0.6 is 0 Å². The predicted molar refractivity (Wildman–Crippen MR) is 246 cm³/mol. The highest BCUT2D eigenvalue weighted by Crippen LogP contribution is 2.68. The second kappa shape index (κ2) is 13.0. The van der Waals surface area contributed by atoms with Gasteiger partial charge >= 0.3 is 0 Å². The molecule has 0 atom stereocenters. The van der Waals surface area contributed by atoms with Gasteiger partial charge in [-0.3, -0.25) is 4.98 Å². The highest BCUT2D eigenvalue weighted by atomic mass is 15.2. The van der Waals surface area contributed by atoms with Crippen molar-refractivity contribution in [2.24, 2.45) is 0 Å². The van der Waals surface area contributed by atoms with Crippen molar-refractivity contribution in [3.63, 3.8) is 0 Å². The van der Waals surface area contributed by atoms with Crippen molar-refractivity contribution in [2.75, 3.05) is 9.80 Å². The zero-order valence-corrected chi connectivity index (χ0v) is 33.5. The first-order valence-electron chi connectivity index (χ1n) is 20.9. The molecular weight excluding hydrogens is 727 g/mol. The Hall–Kier alpha value is -7.49.